The highest BCUT2D eigenvalue weighted by Gasteiger charge is 2.20. The van der Waals surface area contributed by atoms with E-state index in [1.165, 1.54) is 19.3 Å². The van der Waals surface area contributed by atoms with E-state index < -0.39 is 5.60 Å². The molecule has 0 heterocycles. The van der Waals surface area contributed by atoms with E-state index in [9.17, 15) is 5.11 Å². The van der Waals surface area contributed by atoms with Gasteiger partial charge in [0.15, 0.2) is 0 Å². The molecule has 0 bridgehead atoms. The molecule has 3 heteroatoms. The van der Waals surface area contributed by atoms with Crippen LogP contribution in [-0.2, 0) is 0 Å². The third-order valence-corrected chi connectivity index (χ3v) is 4.48. The van der Waals surface area contributed by atoms with Crippen LogP contribution in [0, 0.1) is 11.8 Å². The number of aliphatic hydroxyl groups excluding tert-OH is 2. The zero-order valence-corrected chi connectivity index (χ0v) is 14.9. The maximum atomic E-state index is 10.4. The third kappa shape index (κ3) is 13.3. The maximum absolute atomic E-state index is 10.4. The van der Waals surface area contributed by atoms with Gasteiger partial charge in [-0.15, -0.1) is 0 Å². The standard InChI is InChI=1S/C19H38O3/c1-17(10-6-4-5-7-15-20)11-8-13-19(3,22)14-9-12-18(2)16-21/h5,7,17-18,20-22H,4,6,8-16H2,1-3H3/b7-5+/t17-,18-,19+/m1/s1. The molecule has 0 aliphatic carbocycles. The van der Waals surface area contributed by atoms with E-state index in [4.69, 9.17) is 10.2 Å². The van der Waals surface area contributed by atoms with Gasteiger partial charge >= 0.3 is 0 Å². The lowest BCUT2D eigenvalue weighted by Crippen LogP contribution is -2.24. The Bertz CT molecular complexity index is 274. The van der Waals surface area contributed by atoms with Crippen LogP contribution in [0.2, 0.25) is 0 Å². The molecule has 0 unspecified atom stereocenters. The van der Waals surface area contributed by atoms with Crippen molar-refractivity contribution in [3.8, 4) is 0 Å². The molecular formula is C19H38O3. The molecule has 0 rings (SSSR count). The molecule has 0 saturated carbocycles. The molecule has 132 valence electrons. The first-order valence-electron chi connectivity index (χ1n) is 9.00. The van der Waals surface area contributed by atoms with Crippen molar-refractivity contribution in [1.29, 1.82) is 0 Å². The molecule has 3 nitrogen and oxygen atoms in total. The van der Waals surface area contributed by atoms with Gasteiger partial charge in [0.2, 0.25) is 0 Å². The van der Waals surface area contributed by atoms with Gasteiger partial charge in [0.05, 0.1) is 12.2 Å². The van der Waals surface area contributed by atoms with Gasteiger partial charge in [0.1, 0.15) is 0 Å². The average molecular weight is 315 g/mol. The van der Waals surface area contributed by atoms with Crippen molar-refractivity contribution in [2.24, 2.45) is 11.8 Å². The van der Waals surface area contributed by atoms with Crippen molar-refractivity contribution < 1.29 is 15.3 Å². The Balaban J connectivity index is 3.67. The Hall–Kier alpha value is -0.380. The second kappa shape index (κ2) is 13.1. The second-order valence-corrected chi connectivity index (χ2v) is 7.26. The molecule has 0 radical (unpaired) electrons. The van der Waals surface area contributed by atoms with Crippen molar-refractivity contribution in [3.05, 3.63) is 12.2 Å². The Morgan fingerprint density at radius 1 is 0.864 bits per heavy atom. The topological polar surface area (TPSA) is 60.7 Å². The molecule has 0 amide bonds. The van der Waals surface area contributed by atoms with Crippen molar-refractivity contribution in [2.75, 3.05) is 13.2 Å². The second-order valence-electron chi connectivity index (χ2n) is 7.26. The lowest BCUT2D eigenvalue weighted by molar-refractivity contribution is 0.0341. The number of hydrogen-bond acceptors (Lipinski definition) is 3. The summed E-state index contributed by atoms with van der Waals surface area (Å²) in [6.07, 6.45) is 13.2. The van der Waals surface area contributed by atoms with Gasteiger partial charge in [-0.05, 0) is 50.9 Å². The summed E-state index contributed by atoms with van der Waals surface area (Å²) >= 11 is 0. The lowest BCUT2D eigenvalue weighted by atomic mass is 9.89. The zero-order chi connectivity index (χ0) is 16.8. The van der Waals surface area contributed by atoms with Gasteiger partial charge in [0, 0.05) is 6.61 Å². The summed E-state index contributed by atoms with van der Waals surface area (Å²) < 4.78 is 0. The highest BCUT2D eigenvalue weighted by atomic mass is 16.3. The molecule has 3 N–H and O–H groups in total. The highest BCUT2D eigenvalue weighted by molar-refractivity contribution is 4.80. The van der Waals surface area contributed by atoms with Crippen LogP contribution in [0.4, 0.5) is 0 Å². The zero-order valence-electron chi connectivity index (χ0n) is 14.9. The van der Waals surface area contributed by atoms with E-state index >= 15 is 0 Å². The minimum atomic E-state index is -0.557. The van der Waals surface area contributed by atoms with Crippen LogP contribution in [0.25, 0.3) is 0 Å². The van der Waals surface area contributed by atoms with Crippen LogP contribution >= 0.6 is 0 Å². The first kappa shape index (κ1) is 21.6. The monoisotopic (exact) mass is 314 g/mol. The van der Waals surface area contributed by atoms with E-state index in [1.54, 1.807) is 6.08 Å². The molecular weight excluding hydrogens is 276 g/mol. The van der Waals surface area contributed by atoms with Gasteiger partial charge in [-0.1, -0.05) is 51.7 Å². The first-order chi connectivity index (χ1) is 10.4. The fourth-order valence-electron chi connectivity index (χ4n) is 2.80. The van der Waals surface area contributed by atoms with E-state index in [0.717, 1.165) is 38.5 Å². The van der Waals surface area contributed by atoms with E-state index in [2.05, 4.69) is 6.92 Å². The van der Waals surface area contributed by atoms with Crippen LogP contribution < -0.4 is 0 Å². The molecule has 22 heavy (non-hydrogen) atoms. The van der Waals surface area contributed by atoms with Gasteiger partial charge in [-0.2, -0.15) is 0 Å². The quantitative estimate of drug-likeness (QED) is 0.335. The molecule has 0 saturated heterocycles. The maximum Gasteiger partial charge on any atom is 0.0619 e. The van der Waals surface area contributed by atoms with Crippen LogP contribution in [0.15, 0.2) is 12.2 Å². The van der Waals surface area contributed by atoms with Gasteiger partial charge in [-0.3, -0.25) is 0 Å². The highest BCUT2D eigenvalue weighted by Crippen LogP contribution is 2.24. The number of aliphatic hydroxyl groups is 3. The Morgan fingerprint density at radius 3 is 1.95 bits per heavy atom. The van der Waals surface area contributed by atoms with Crippen molar-refractivity contribution in [3.63, 3.8) is 0 Å². The minimum absolute atomic E-state index is 0.141. The molecule has 0 aliphatic heterocycles. The summed E-state index contributed by atoms with van der Waals surface area (Å²) in [5.41, 5.74) is -0.557. The Labute approximate surface area is 137 Å². The molecule has 0 aromatic carbocycles. The summed E-state index contributed by atoms with van der Waals surface area (Å²) in [7, 11) is 0. The van der Waals surface area contributed by atoms with E-state index in [1.807, 2.05) is 19.9 Å². The number of allylic oxidation sites excluding steroid dienone is 1. The molecule has 0 aromatic rings. The summed E-state index contributed by atoms with van der Waals surface area (Å²) in [5, 5.41) is 28.0. The number of rotatable bonds is 14. The molecule has 3 atom stereocenters. The van der Waals surface area contributed by atoms with Crippen molar-refractivity contribution in [2.45, 2.75) is 84.2 Å². The SMILES string of the molecule is C[C@H](CCC/C=C/CO)CCC[C@](C)(O)CCC[C@@H](C)CO. The van der Waals surface area contributed by atoms with Crippen LogP contribution in [-0.4, -0.2) is 34.1 Å². The molecule has 0 aliphatic rings. The minimum Gasteiger partial charge on any atom is -0.396 e. The van der Waals surface area contributed by atoms with Gasteiger partial charge < -0.3 is 15.3 Å². The van der Waals surface area contributed by atoms with E-state index in [0.29, 0.717) is 11.8 Å². The third-order valence-electron chi connectivity index (χ3n) is 4.48. The first-order valence-corrected chi connectivity index (χ1v) is 9.00. The van der Waals surface area contributed by atoms with Gasteiger partial charge in [0.25, 0.3) is 0 Å². The summed E-state index contributed by atoms with van der Waals surface area (Å²) in [5.74, 6) is 1.04. The van der Waals surface area contributed by atoms with Crippen molar-refractivity contribution >= 4 is 0 Å². The van der Waals surface area contributed by atoms with Crippen LogP contribution in [0.3, 0.4) is 0 Å². The van der Waals surface area contributed by atoms with E-state index in [-0.39, 0.29) is 13.2 Å². The van der Waals surface area contributed by atoms with Crippen LogP contribution in [0.5, 0.6) is 0 Å². The predicted octanol–water partition coefficient (Wildman–Crippen LogP) is 4.06. The fourth-order valence-corrected chi connectivity index (χ4v) is 2.80. The number of hydrogen-bond donors (Lipinski definition) is 3. The average Bonchev–Trinajstić information content (AvgIpc) is 2.46. The summed E-state index contributed by atoms with van der Waals surface area (Å²) in [4.78, 5) is 0. The summed E-state index contributed by atoms with van der Waals surface area (Å²) in [6.45, 7) is 6.66. The largest absolute Gasteiger partial charge is 0.396 e. The van der Waals surface area contributed by atoms with Crippen LogP contribution in [0.1, 0.15) is 78.6 Å². The van der Waals surface area contributed by atoms with Crippen molar-refractivity contribution in [1.82, 2.24) is 0 Å². The smallest absolute Gasteiger partial charge is 0.0619 e. The Kier molecular flexibility index (Phi) is 12.9. The Morgan fingerprint density at radius 2 is 1.41 bits per heavy atom. The molecule has 0 fully saturated rings. The van der Waals surface area contributed by atoms with Gasteiger partial charge in [-0.25, -0.2) is 0 Å². The summed E-state index contributed by atoms with van der Waals surface area (Å²) in [6, 6.07) is 0. The fraction of sp³-hybridized carbons (Fsp3) is 0.895. The lowest BCUT2D eigenvalue weighted by Gasteiger charge is -2.24. The molecule has 0 spiro atoms. The normalized spacial score (nSPS) is 17.5. The number of unbranched alkanes of at least 4 members (excludes halogenated alkanes) is 1. The molecule has 0 aromatic heterocycles. The predicted molar refractivity (Wildman–Crippen MR) is 93.8 cm³/mol.